The predicted molar refractivity (Wildman–Crippen MR) is 93.7 cm³/mol. The van der Waals surface area contributed by atoms with Crippen molar-refractivity contribution in [2.24, 2.45) is 0 Å². The molecule has 0 aliphatic carbocycles. The molecule has 0 fully saturated rings. The molecular weight excluding hydrogens is 338 g/mol. The Morgan fingerprint density at radius 1 is 1.00 bits per heavy atom. The Hall–Kier alpha value is -2.93. The van der Waals surface area contributed by atoms with Gasteiger partial charge in [-0.3, -0.25) is 0 Å². The highest BCUT2D eigenvalue weighted by Gasteiger charge is 2.24. The zero-order chi connectivity index (χ0) is 17.4. The summed E-state index contributed by atoms with van der Waals surface area (Å²) in [6, 6.07) is 16.6. The standard InChI is InChI=1S/C18H15N3O3S/c1-12-16(19-17(24-12)13-7-3-2-4-8-13)11-25(22,23)18-20-14-9-5-6-10-15(14)21-18/h2-10H,11H2,1H3,(H,20,21). The molecule has 6 nitrogen and oxygen atoms in total. The topological polar surface area (TPSA) is 88.8 Å². The van der Waals surface area contributed by atoms with Gasteiger partial charge in [0, 0.05) is 5.56 Å². The number of rotatable bonds is 4. The first-order chi connectivity index (χ1) is 12.0. The van der Waals surface area contributed by atoms with Crippen LogP contribution in [0.4, 0.5) is 0 Å². The van der Waals surface area contributed by atoms with E-state index in [9.17, 15) is 8.42 Å². The number of oxazole rings is 1. The number of para-hydroxylation sites is 2. The van der Waals surface area contributed by atoms with Gasteiger partial charge in [0.05, 0.1) is 16.7 Å². The maximum Gasteiger partial charge on any atom is 0.226 e. The maximum absolute atomic E-state index is 12.7. The SMILES string of the molecule is Cc1oc(-c2ccccc2)nc1CS(=O)(=O)c1nc2ccccc2[nH]1. The van der Waals surface area contributed by atoms with Crippen LogP contribution in [0.2, 0.25) is 0 Å². The van der Waals surface area contributed by atoms with Gasteiger partial charge in [-0.15, -0.1) is 0 Å². The van der Waals surface area contributed by atoms with Crippen LogP contribution in [-0.2, 0) is 15.6 Å². The Morgan fingerprint density at radius 2 is 1.72 bits per heavy atom. The number of imidazole rings is 1. The van der Waals surface area contributed by atoms with Crippen molar-refractivity contribution in [1.29, 1.82) is 0 Å². The number of aromatic nitrogens is 3. The van der Waals surface area contributed by atoms with Crippen LogP contribution in [0, 0.1) is 6.92 Å². The van der Waals surface area contributed by atoms with Gasteiger partial charge in [-0.2, -0.15) is 0 Å². The van der Waals surface area contributed by atoms with Gasteiger partial charge in [0.25, 0.3) is 0 Å². The quantitative estimate of drug-likeness (QED) is 0.606. The fourth-order valence-corrected chi connectivity index (χ4v) is 3.86. The Balaban J connectivity index is 1.68. The maximum atomic E-state index is 12.7. The molecule has 0 bridgehead atoms. The van der Waals surface area contributed by atoms with Crippen LogP contribution < -0.4 is 0 Å². The fraction of sp³-hybridized carbons (Fsp3) is 0.111. The zero-order valence-corrected chi connectivity index (χ0v) is 14.2. The van der Waals surface area contributed by atoms with E-state index < -0.39 is 9.84 Å². The van der Waals surface area contributed by atoms with Gasteiger partial charge in [-0.05, 0) is 31.2 Å². The number of sulfone groups is 1. The van der Waals surface area contributed by atoms with Gasteiger partial charge in [0.1, 0.15) is 11.5 Å². The van der Waals surface area contributed by atoms with E-state index in [4.69, 9.17) is 4.42 Å². The zero-order valence-electron chi connectivity index (χ0n) is 13.4. The van der Waals surface area contributed by atoms with E-state index in [0.29, 0.717) is 28.4 Å². The third-order valence-electron chi connectivity index (χ3n) is 3.90. The highest BCUT2D eigenvalue weighted by Crippen LogP contribution is 2.24. The molecule has 0 saturated carbocycles. The molecule has 2 heterocycles. The molecule has 4 aromatic rings. The fourth-order valence-electron chi connectivity index (χ4n) is 2.59. The molecule has 0 spiro atoms. The lowest BCUT2D eigenvalue weighted by Crippen LogP contribution is -2.08. The van der Waals surface area contributed by atoms with E-state index in [0.717, 1.165) is 5.56 Å². The van der Waals surface area contributed by atoms with E-state index >= 15 is 0 Å². The molecule has 0 aliphatic heterocycles. The number of aromatic amines is 1. The summed E-state index contributed by atoms with van der Waals surface area (Å²) in [4.78, 5) is 11.4. The second-order valence-electron chi connectivity index (χ2n) is 5.71. The summed E-state index contributed by atoms with van der Waals surface area (Å²) in [6.07, 6.45) is 0. The van der Waals surface area contributed by atoms with Crippen molar-refractivity contribution in [2.75, 3.05) is 0 Å². The Labute approximate surface area is 144 Å². The molecule has 1 N–H and O–H groups in total. The molecule has 0 saturated heterocycles. The number of benzene rings is 2. The molecule has 0 atom stereocenters. The molecule has 2 aromatic heterocycles. The molecule has 0 amide bonds. The smallest absolute Gasteiger partial charge is 0.226 e. The minimum Gasteiger partial charge on any atom is -0.441 e. The van der Waals surface area contributed by atoms with Crippen LogP contribution in [0.5, 0.6) is 0 Å². The molecule has 7 heteroatoms. The lowest BCUT2D eigenvalue weighted by Gasteiger charge is -1.98. The summed E-state index contributed by atoms with van der Waals surface area (Å²) in [6.45, 7) is 1.71. The lowest BCUT2D eigenvalue weighted by atomic mass is 10.2. The molecule has 0 unspecified atom stereocenters. The molecule has 0 radical (unpaired) electrons. The van der Waals surface area contributed by atoms with Crippen molar-refractivity contribution in [3.63, 3.8) is 0 Å². The van der Waals surface area contributed by atoms with Crippen LogP contribution in [0.1, 0.15) is 11.5 Å². The summed E-state index contributed by atoms with van der Waals surface area (Å²) in [5.41, 5.74) is 2.49. The number of nitrogens with zero attached hydrogens (tertiary/aromatic N) is 2. The Bertz CT molecular complexity index is 1110. The second kappa shape index (κ2) is 5.86. The molecule has 25 heavy (non-hydrogen) atoms. The van der Waals surface area contributed by atoms with Crippen molar-refractivity contribution in [2.45, 2.75) is 17.8 Å². The normalized spacial score (nSPS) is 11.9. The molecule has 2 aromatic carbocycles. The van der Waals surface area contributed by atoms with Crippen molar-refractivity contribution in [3.05, 3.63) is 66.1 Å². The summed E-state index contributed by atoms with van der Waals surface area (Å²) < 4.78 is 31.0. The van der Waals surface area contributed by atoms with Crippen LogP contribution in [0.25, 0.3) is 22.5 Å². The van der Waals surface area contributed by atoms with E-state index in [1.54, 1.807) is 19.1 Å². The summed E-state index contributed by atoms with van der Waals surface area (Å²) in [5.74, 6) is 0.626. The molecule has 0 aliphatic rings. The largest absolute Gasteiger partial charge is 0.441 e. The Kier molecular flexibility index (Phi) is 3.65. The van der Waals surface area contributed by atoms with Crippen molar-refractivity contribution in [1.82, 2.24) is 15.0 Å². The van der Waals surface area contributed by atoms with Gasteiger partial charge in [0.15, 0.2) is 0 Å². The molecule has 126 valence electrons. The number of fused-ring (bicyclic) bond motifs is 1. The Morgan fingerprint density at radius 3 is 2.48 bits per heavy atom. The summed E-state index contributed by atoms with van der Waals surface area (Å²) in [7, 11) is -3.66. The minimum absolute atomic E-state index is 0.0580. The van der Waals surface area contributed by atoms with E-state index in [2.05, 4.69) is 15.0 Å². The van der Waals surface area contributed by atoms with E-state index in [1.165, 1.54) is 0 Å². The van der Waals surface area contributed by atoms with Gasteiger partial charge in [-0.1, -0.05) is 30.3 Å². The van der Waals surface area contributed by atoms with Crippen LogP contribution >= 0.6 is 0 Å². The molecular formula is C18H15N3O3S. The lowest BCUT2D eigenvalue weighted by molar-refractivity contribution is 0.539. The average molecular weight is 353 g/mol. The first kappa shape index (κ1) is 15.6. The summed E-state index contributed by atoms with van der Waals surface area (Å²) >= 11 is 0. The van der Waals surface area contributed by atoms with Gasteiger partial charge >= 0.3 is 0 Å². The number of hydrogen-bond donors (Lipinski definition) is 1. The number of H-pyrrole nitrogens is 1. The van der Waals surface area contributed by atoms with Crippen LogP contribution in [0.3, 0.4) is 0 Å². The van der Waals surface area contributed by atoms with E-state index in [-0.39, 0.29) is 10.9 Å². The first-order valence-corrected chi connectivity index (χ1v) is 9.37. The van der Waals surface area contributed by atoms with Crippen LogP contribution in [0.15, 0.2) is 64.2 Å². The van der Waals surface area contributed by atoms with Crippen LogP contribution in [-0.4, -0.2) is 23.4 Å². The minimum atomic E-state index is -3.66. The van der Waals surface area contributed by atoms with E-state index in [1.807, 2.05) is 42.5 Å². The monoisotopic (exact) mass is 353 g/mol. The van der Waals surface area contributed by atoms with Gasteiger partial charge in [0.2, 0.25) is 20.9 Å². The van der Waals surface area contributed by atoms with Crippen molar-refractivity contribution >= 4 is 20.9 Å². The van der Waals surface area contributed by atoms with Crippen molar-refractivity contribution < 1.29 is 12.8 Å². The molecule has 4 rings (SSSR count). The van der Waals surface area contributed by atoms with Gasteiger partial charge in [-0.25, -0.2) is 18.4 Å². The first-order valence-electron chi connectivity index (χ1n) is 7.72. The number of nitrogens with one attached hydrogen (secondary N) is 1. The highest BCUT2D eigenvalue weighted by atomic mass is 32.2. The van der Waals surface area contributed by atoms with Crippen molar-refractivity contribution in [3.8, 4) is 11.5 Å². The third-order valence-corrected chi connectivity index (χ3v) is 5.34. The number of aryl methyl sites for hydroxylation is 1. The highest BCUT2D eigenvalue weighted by molar-refractivity contribution is 7.90. The second-order valence-corrected chi connectivity index (χ2v) is 7.61. The number of hydrogen-bond acceptors (Lipinski definition) is 5. The predicted octanol–water partition coefficient (Wildman–Crippen LogP) is 3.50. The summed E-state index contributed by atoms with van der Waals surface area (Å²) in [5, 5.41) is -0.0580. The average Bonchev–Trinajstić information content (AvgIpc) is 3.20. The van der Waals surface area contributed by atoms with Gasteiger partial charge < -0.3 is 9.40 Å². The third kappa shape index (κ3) is 2.94.